The standard InChI is InChI=1S/C3H4ClN3O/c1-7-3(8)5-2(4)6-7/h1H3,(H,5,6,8). The van der Waals surface area contributed by atoms with Gasteiger partial charge in [0.2, 0.25) is 5.28 Å². The van der Waals surface area contributed by atoms with Crippen LogP contribution in [0.5, 0.6) is 0 Å². The van der Waals surface area contributed by atoms with Crippen LogP contribution in [0.1, 0.15) is 0 Å². The number of aromatic nitrogens is 3. The van der Waals surface area contributed by atoms with E-state index in [0.717, 1.165) is 4.68 Å². The van der Waals surface area contributed by atoms with Gasteiger partial charge in [-0.2, -0.15) is 0 Å². The van der Waals surface area contributed by atoms with Gasteiger partial charge in [-0.15, -0.1) is 5.10 Å². The summed E-state index contributed by atoms with van der Waals surface area (Å²) in [6.45, 7) is 0. The molecule has 44 valence electrons. The summed E-state index contributed by atoms with van der Waals surface area (Å²) in [4.78, 5) is 12.7. The van der Waals surface area contributed by atoms with Crippen molar-refractivity contribution in [2.24, 2.45) is 7.05 Å². The summed E-state index contributed by atoms with van der Waals surface area (Å²) >= 11 is 5.28. The number of aryl methyl sites for hydroxylation is 1. The SMILES string of the molecule is Cn1nc(Cl)[nH]c1=O. The molecule has 0 radical (unpaired) electrons. The minimum Gasteiger partial charge on any atom is -0.279 e. The second kappa shape index (κ2) is 1.63. The van der Waals surface area contributed by atoms with Gasteiger partial charge in [0, 0.05) is 7.05 Å². The molecule has 5 heteroatoms. The van der Waals surface area contributed by atoms with Crippen molar-refractivity contribution >= 4 is 11.6 Å². The summed E-state index contributed by atoms with van der Waals surface area (Å²) in [5.74, 6) is 0. The lowest BCUT2D eigenvalue weighted by Gasteiger charge is -1.75. The maximum absolute atomic E-state index is 10.4. The van der Waals surface area contributed by atoms with E-state index < -0.39 is 0 Å². The molecule has 0 aliphatic heterocycles. The fourth-order valence-corrected chi connectivity index (χ4v) is 0.565. The Morgan fingerprint density at radius 2 is 2.50 bits per heavy atom. The summed E-state index contributed by atoms with van der Waals surface area (Å²) in [6.07, 6.45) is 0. The maximum Gasteiger partial charge on any atom is 0.343 e. The van der Waals surface area contributed by atoms with Crippen molar-refractivity contribution in [2.75, 3.05) is 0 Å². The zero-order valence-corrected chi connectivity index (χ0v) is 4.94. The molecule has 1 N–H and O–H groups in total. The lowest BCUT2D eigenvalue weighted by molar-refractivity contribution is 0.734. The first-order valence-electron chi connectivity index (χ1n) is 1.99. The molecule has 0 unspecified atom stereocenters. The quantitative estimate of drug-likeness (QED) is 0.531. The van der Waals surface area contributed by atoms with E-state index in [1.165, 1.54) is 7.05 Å². The summed E-state index contributed by atoms with van der Waals surface area (Å²) < 4.78 is 1.13. The molecule has 0 atom stereocenters. The van der Waals surface area contributed by atoms with Gasteiger partial charge in [-0.25, -0.2) is 9.48 Å². The molecule has 1 aromatic heterocycles. The molecule has 0 aliphatic carbocycles. The molecule has 1 rings (SSSR count). The van der Waals surface area contributed by atoms with Crippen molar-refractivity contribution < 1.29 is 0 Å². The average Bonchev–Trinajstić information content (AvgIpc) is 1.85. The van der Waals surface area contributed by atoms with Crippen molar-refractivity contribution in [2.45, 2.75) is 0 Å². The third-order valence-corrected chi connectivity index (χ3v) is 0.912. The van der Waals surface area contributed by atoms with Crippen molar-refractivity contribution in [3.63, 3.8) is 0 Å². The van der Waals surface area contributed by atoms with Gasteiger partial charge < -0.3 is 0 Å². The molecule has 4 nitrogen and oxygen atoms in total. The van der Waals surface area contributed by atoms with Crippen LogP contribution in [0.15, 0.2) is 4.79 Å². The van der Waals surface area contributed by atoms with E-state index in [4.69, 9.17) is 11.6 Å². The summed E-state index contributed by atoms with van der Waals surface area (Å²) in [5.41, 5.74) is -0.296. The zero-order chi connectivity index (χ0) is 6.15. The Balaban J connectivity index is 3.35. The highest BCUT2D eigenvalue weighted by molar-refractivity contribution is 6.28. The smallest absolute Gasteiger partial charge is 0.279 e. The summed E-state index contributed by atoms with van der Waals surface area (Å²) in [6, 6.07) is 0. The minimum absolute atomic E-state index is 0.123. The van der Waals surface area contributed by atoms with Crippen LogP contribution in [-0.4, -0.2) is 14.8 Å². The van der Waals surface area contributed by atoms with Crippen LogP contribution >= 0.6 is 11.6 Å². The Hall–Kier alpha value is -0.770. The molecule has 0 aromatic carbocycles. The van der Waals surface area contributed by atoms with Crippen LogP contribution in [0.2, 0.25) is 5.28 Å². The van der Waals surface area contributed by atoms with Gasteiger partial charge in [-0.1, -0.05) is 0 Å². The molecule has 0 aliphatic rings. The second-order valence-corrected chi connectivity index (χ2v) is 1.70. The van der Waals surface area contributed by atoms with Crippen LogP contribution in [-0.2, 0) is 7.05 Å². The predicted octanol–water partition coefficient (Wildman–Crippen LogP) is -0.238. The van der Waals surface area contributed by atoms with E-state index in [-0.39, 0.29) is 11.0 Å². The highest BCUT2D eigenvalue weighted by atomic mass is 35.5. The van der Waals surface area contributed by atoms with Crippen LogP contribution in [0.25, 0.3) is 0 Å². The second-order valence-electron chi connectivity index (χ2n) is 1.34. The molecule has 0 saturated heterocycles. The first kappa shape index (κ1) is 5.37. The van der Waals surface area contributed by atoms with Crippen molar-refractivity contribution in [1.29, 1.82) is 0 Å². The molecular weight excluding hydrogens is 130 g/mol. The molecular formula is C3H4ClN3O. The van der Waals surface area contributed by atoms with Crippen LogP contribution in [0, 0.1) is 0 Å². The van der Waals surface area contributed by atoms with Crippen LogP contribution < -0.4 is 5.69 Å². The average molecular weight is 134 g/mol. The van der Waals surface area contributed by atoms with Crippen molar-refractivity contribution in [3.05, 3.63) is 15.8 Å². The Morgan fingerprint density at radius 1 is 1.88 bits per heavy atom. The van der Waals surface area contributed by atoms with Gasteiger partial charge in [-0.3, -0.25) is 4.98 Å². The first-order chi connectivity index (χ1) is 3.70. The maximum atomic E-state index is 10.4. The monoisotopic (exact) mass is 133 g/mol. The number of hydrogen-bond donors (Lipinski definition) is 1. The first-order valence-corrected chi connectivity index (χ1v) is 2.37. The molecule has 1 heterocycles. The lowest BCUT2D eigenvalue weighted by atomic mass is 11.2. The Bertz CT molecular complexity index is 237. The molecule has 0 spiro atoms. The van der Waals surface area contributed by atoms with E-state index in [2.05, 4.69) is 10.1 Å². The Kier molecular flexibility index (Phi) is 1.09. The largest absolute Gasteiger partial charge is 0.343 e. The topological polar surface area (TPSA) is 50.7 Å². The Morgan fingerprint density at radius 3 is 2.62 bits per heavy atom. The number of nitrogens with one attached hydrogen (secondary N) is 1. The highest BCUT2D eigenvalue weighted by Crippen LogP contribution is 1.89. The Labute approximate surface area is 50.1 Å². The van der Waals surface area contributed by atoms with Gasteiger partial charge in [0.15, 0.2) is 0 Å². The van der Waals surface area contributed by atoms with Crippen LogP contribution in [0.3, 0.4) is 0 Å². The summed E-state index contributed by atoms with van der Waals surface area (Å²) in [5, 5.41) is 3.65. The fraction of sp³-hybridized carbons (Fsp3) is 0.333. The molecule has 0 saturated carbocycles. The molecule has 0 fully saturated rings. The molecule has 1 aromatic rings. The number of H-pyrrole nitrogens is 1. The highest BCUT2D eigenvalue weighted by Gasteiger charge is 1.93. The van der Waals surface area contributed by atoms with Crippen molar-refractivity contribution in [3.8, 4) is 0 Å². The fourth-order valence-electron chi connectivity index (χ4n) is 0.371. The predicted molar refractivity (Wildman–Crippen MR) is 28.8 cm³/mol. The van der Waals surface area contributed by atoms with Gasteiger partial charge in [0.05, 0.1) is 0 Å². The summed E-state index contributed by atoms with van der Waals surface area (Å²) in [7, 11) is 1.52. The molecule has 8 heavy (non-hydrogen) atoms. The van der Waals surface area contributed by atoms with E-state index >= 15 is 0 Å². The number of aromatic amines is 1. The molecule has 0 bridgehead atoms. The number of halogens is 1. The lowest BCUT2D eigenvalue weighted by Crippen LogP contribution is -2.13. The van der Waals surface area contributed by atoms with E-state index in [9.17, 15) is 4.79 Å². The van der Waals surface area contributed by atoms with E-state index in [1.54, 1.807) is 0 Å². The molecule has 0 amide bonds. The number of hydrogen-bond acceptors (Lipinski definition) is 2. The normalized spacial score (nSPS) is 9.75. The van der Waals surface area contributed by atoms with Gasteiger partial charge in [0.25, 0.3) is 0 Å². The van der Waals surface area contributed by atoms with Gasteiger partial charge in [0.1, 0.15) is 0 Å². The van der Waals surface area contributed by atoms with Gasteiger partial charge in [-0.05, 0) is 11.6 Å². The van der Waals surface area contributed by atoms with E-state index in [1.807, 2.05) is 0 Å². The third kappa shape index (κ3) is 0.742. The zero-order valence-electron chi connectivity index (χ0n) is 4.18. The van der Waals surface area contributed by atoms with Crippen LogP contribution in [0.4, 0.5) is 0 Å². The number of rotatable bonds is 0. The minimum atomic E-state index is -0.296. The number of nitrogens with zero attached hydrogens (tertiary/aromatic N) is 2. The third-order valence-electron chi connectivity index (χ3n) is 0.742. The van der Waals surface area contributed by atoms with E-state index in [0.29, 0.717) is 0 Å². The van der Waals surface area contributed by atoms with Crippen molar-refractivity contribution in [1.82, 2.24) is 14.8 Å². The van der Waals surface area contributed by atoms with Gasteiger partial charge >= 0.3 is 5.69 Å².